The van der Waals surface area contributed by atoms with Crippen LogP contribution in [-0.2, 0) is 9.53 Å². The molecule has 0 unspecified atom stereocenters. The molecule has 1 N–H and O–H groups in total. The molecule has 3 heterocycles. The van der Waals surface area contributed by atoms with Crippen molar-refractivity contribution in [1.82, 2.24) is 4.98 Å². The molecule has 1 saturated heterocycles. The number of carbonyl (C=O) groups is 2. The van der Waals surface area contributed by atoms with Crippen molar-refractivity contribution < 1.29 is 18.7 Å². The van der Waals surface area contributed by atoms with E-state index in [0.717, 1.165) is 15.3 Å². The molecule has 0 atom stereocenters. The van der Waals surface area contributed by atoms with E-state index in [2.05, 4.69) is 10.3 Å². The van der Waals surface area contributed by atoms with Gasteiger partial charge in [-0.2, -0.15) is 0 Å². The Bertz CT molecular complexity index is 994. The lowest BCUT2D eigenvalue weighted by molar-refractivity contribution is -0.120. The van der Waals surface area contributed by atoms with Gasteiger partial charge in [0.1, 0.15) is 10.8 Å². The number of hydrogen-bond donors (Lipinski definition) is 1. The number of carbonyl (C=O) groups excluding carboxylic acids is 2. The van der Waals surface area contributed by atoms with Gasteiger partial charge in [-0.05, 0) is 29.6 Å². The maximum absolute atomic E-state index is 13.3. The number of benzene rings is 1. The normalized spacial score (nSPS) is 14.3. The molecule has 134 valence electrons. The van der Waals surface area contributed by atoms with E-state index in [0.29, 0.717) is 23.7 Å². The molecule has 0 aliphatic carbocycles. The Morgan fingerprint density at radius 2 is 2.15 bits per heavy atom. The van der Waals surface area contributed by atoms with Gasteiger partial charge in [0, 0.05) is 13.1 Å². The maximum Gasteiger partial charge on any atom is 0.340 e. The quantitative estimate of drug-likeness (QED) is 0.691. The Balaban J connectivity index is 1.40. The smallest absolute Gasteiger partial charge is 0.340 e. The Morgan fingerprint density at radius 1 is 1.35 bits per heavy atom. The summed E-state index contributed by atoms with van der Waals surface area (Å²) in [7, 11) is 1.30. The topological polar surface area (TPSA) is 71.5 Å². The highest BCUT2D eigenvalue weighted by atomic mass is 32.1. The second-order valence-corrected chi connectivity index (χ2v) is 7.78. The molecule has 0 spiro atoms. The number of halogens is 1. The molecule has 1 aliphatic heterocycles. The first-order valence-electron chi connectivity index (χ1n) is 7.83. The predicted octanol–water partition coefficient (Wildman–Crippen LogP) is 3.36. The van der Waals surface area contributed by atoms with Crippen LogP contribution < -0.4 is 10.2 Å². The van der Waals surface area contributed by atoms with E-state index in [1.807, 2.05) is 4.90 Å². The van der Waals surface area contributed by atoms with Gasteiger partial charge in [-0.1, -0.05) is 11.3 Å². The second-order valence-electron chi connectivity index (χ2n) is 5.85. The number of esters is 1. The predicted molar refractivity (Wildman–Crippen MR) is 99.6 cm³/mol. The van der Waals surface area contributed by atoms with Crippen LogP contribution in [0.2, 0.25) is 0 Å². The molecule has 26 heavy (non-hydrogen) atoms. The Hall–Kier alpha value is -2.52. The number of nitrogens with one attached hydrogen (secondary N) is 1. The van der Waals surface area contributed by atoms with Crippen LogP contribution in [0.3, 0.4) is 0 Å². The summed E-state index contributed by atoms with van der Waals surface area (Å²) in [6, 6.07) is 6.13. The largest absolute Gasteiger partial charge is 0.465 e. The van der Waals surface area contributed by atoms with E-state index < -0.39 is 5.97 Å². The van der Waals surface area contributed by atoms with Gasteiger partial charge in [0.15, 0.2) is 5.13 Å². The fourth-order valence-electron chi connectivity index (χ4n) is 2.71. The van der Waals surface area contributed by atoms with Crippen LogP contribution in [0, 0.1) is 11.7 Å². The van der Waals surface area contributed by atoms with Crippen LogP contribution in [-0.4, -0.2) is 37.1 Å². The van der Waals surface area contributed by atoms with Gasteiger partial charge < -0.3 is 15.0 Å². The molecule has 9 heteroatoms. The highest BCUT2D eigenvalue weighted by Gasteiger charge is 2.35. The minimum Gasteiger partial charge on any atom is -0.465 e. The number of methoxy groups -OCH3 is 1. The van der Waals surface area contributed by atoms with Crippen molar-refractivity contribution in [3.8, 4) is 0 Å². The molecule has 4 rings (SSSR count). The Morgan fingerprint density at radius 3 is 2.92 bits per heavy atom. The summed E-state index contributed by atoms with van der Waals surface area (Å²) in [5.74, 6) is -1.09. The first-order valence-corrected chi connectivity index (χ1v) is 9.52. The van der Waals surface area contributed by atoms with Gasteiger partial charge in [0.05, 0.1) is 28.8 Å². The summed E-state index contributed by atoms with van der Waals surface area (Å²) in [6.07, 6.45) is 0. The number of hydrogen-bond acceptors (Lipinski definition) is 7. The highest BCUT2D eigenvalue weighted by Crippen LogP contribution is 2.34. The third kappa shape index (κ3) is 3.04. The summed E-state index contributed by atoms with van der Waals surface area (Å²) in [4.78, 5) is 30.5. The number of fused-ring (bicyclic) bond motifs is 1. The summed E-state index contributed by atoms with van der Waals surface area (Å²) in [5.41, 5.74) is 1.11. The van der Waals surface area contributed by atoms with E-state index >= 15 is 0 Å². The average Bonchev–Trinajstić information content (AvgIpc) is 3.19. The lowest BCUT2D eigenvalue weighted by Crippen LogP contribution is -2.52. The number of aromatic nitrogens is 1. The zero-order chi connectivity index (χ0) is 18.3. The number of anilines is 2. The molecule has 3 aromatic rings. The molecular weight excluding hydrogens is 377 g/mol. The summed E-state index contributed by atoms with van der Waals surface area (Å²) < 4.78 is 18.8. The van der Waals surface area contributed by atoms with E-state index in [9.17, 15) is 14.0 Å². The van der Waals surface area contributed by atoms with E-state index in [4.69, 9.17) is 4.74 Å². The van der Waals surface area contributed by atoms with Crippen molar-refractivity contribution >= 4 is 54.9 Å². The summed E-state index contributed by atoms with van der Waals surface area (Å²) >= 11 is 2.69. The van der Waals surface area contributed by atoms with Crippen LogP contribution in [0.25, 0.3) is 10.2 Å². The fraction of sp³-hybridized carbons (Fsp3) is 0.235. The Labute approximate surface area is 156 Å². The molecule has 0 saturated carbocycles. The van der Waals surface area contributed by atoms with Crippen molar-refractivity contribution in [3.63, 3.8) is 0 Å². The number of rotatable bonds is 4. The highest BCUT2D eigenvalue weighted by molar-refractivity contribution is 7.22. The SMILES string of the molecule is COC(=O)c1ccsc1NC(=O)C1CN(c2nc3ccc(F)cc3s2)C1. The molecule has 1 fully saturated rings. The molecule has 1 aromatic carbocycles. The average molecular weight is 391 g/mol. The lowest BCUT2D eigenvalue weighted by atomic mass is 10.0. The zero-order valence-electron chi connectivity index (χ0n) is 13.7. The van der Waals surface area contributed by atoms with Crippen molar-refractivity contribution in [1.29, 1.82) is 0 Å². The minimum absolute atomic E-state index is 0.138. The number of ether oxygens (including phenoxy) is 1. The monoisotopic (exact) mass is 391 g/mol. The first kappa shape index (κ1) is 16.9. The standard InChI is InChI=1S/C17H14FN3O3S2/c1-24-16(23)11-4-5-25-15(11)20-14(22)9-7-21(8-9)17-19-12-3-2-10(18)6-13(12)26-17/h2-6,9H,7-8H2,1H3,(H,20,22). The Kier molecular flexibility index (Phi) is 4.33. The van der Waals surface area contributed by atoms with Crippen LogP contribution in [0.1, 0.15) is 10.4 Å². The molecular formula is C17H14FN3O3S2. The molecule has 1 aliphatic rings. The molecule has 0 radical (unpaired) electrons. The first-order chi connectivity index (χ1) is 12.5. The van der Waals surface area contributed by atoms with Crippen molar-refractivity contribution in [2.24, 2.45) is 5.92 Å². The lowest BCUT2D eigenvalue weighted by Gasteiger charge is -2.37. The summed E-state index contributed by atoms with van der Waals surface area (Å²) in [6.45, 7) is 1.07. The minimum atomic E-state index is -0.474. The molecule has 6 nitrogen and oxygen atoms in total. The number of thiophene rings is 1. The van der Waals surface area contributed by atoms with Crippen LogP contribution in [0.15, 0.2) is 29.6 Å². The molecule has 0 bridgehead atoms. The molecule has 1 amide bonds. The van der Waals surface area contributed by atoms with E-state index in [-0.39, 0.29) is 17.6 Å². The zero-order valence-corrected chi connectivity index (χ0v) is 15.3. The number of amides is 1. The van der Waals surface area contributed by atoms with Crippen molar-refractivity contribution in [2.45, 2.75) is 0 Å². The van der Waals surface area contributed by atoms with Gasteiger partial charge in [-0.25, -0.2) is 14.2 Å². The van der Waals surface area contributed by atoms with Crippen LogP contribution >= 0.6 is 22.7 Å². The van der Waals surface area contributed by atoms with E-state index in [1.165, 1.54) is 41.9 Å². The van der Waals surface area contributed by atoms with Crippen molar-refractivity contribution in [3.05, 3.63) is 41.0 Å². The van der Waals surface area contributed by atoms with Gasteiger partial charge in [-0.15, -0.1) is 11.3 Å². The third-order valence-electron chi connectivity index (χ3n) is 4.17. The van der Waals surface area contributed by atoms with Crippen LogP contribution in [0.5, 0.6) is 0 Å². The molecule has 2 aromatic heterocycles. The number of thiazole rings is 1. The third-order valence-corrected chi connectivity index (χ3v) is 6.08. The van der Waals surface area contributed by atoms with Crippen molar-refractivity contribution in [2.75, 3.05) is 30.4 Å². The summed E-state index contributed by atoms with van der Waals surface area (Å²) in [5, 5.41) is 5.81. The second kappa shape index (κ2) is 6.65. The van der Waals surface area contributed by atoms with E-state index in [1.54, 1.807) is 17.5 Å². The van der Waals surface area contributed by atoms with Gasteiger partial charge >= 0.3 is 5.97 Å². The fourth-order valence-corrected chi connectivity index (χ4v) is 4.50. The van der Waals surface area contributed by atoms with Gasteiger partial charge in [0.25, 0.3) is 0 Å². The van der Waals surface area contributed by atoms with Crippen LogP contribution in [0.4, 0.5) is 14.5 Å². The van der Waals surface area contributed by atoms with Gasteiger partial charge in [-0.3, -0.25) is 4.79 Å². The maximum atomic E-state index is 13.3. The van der Waals surface area contributed by atoms with Gasteiger partial charge in [0.2, 0.25) is 5.91 Å². The number of nitrogens with zero attached hydrogens (tertiary/aromatic N) is 2.